The first-order valence-electron chi connectivity index (χ1n) is 5.63. The van der Waals surface area contributed by atoms with Gasteiger partial charge >= 0.3 is 0 Å². The highest BCUT2D eigenvalue weighted by molar-refractivity contribution is 6.30. The molecule has 1 atom stereocenters. The van der Waals surface area contributed by atoms with Crippen LogP contribution in [-0.4, -0.2) is 6.54 Å². The molecule has 1 aromatic rings. The van der Waals surface area contributed by atoms with E-state index in [1.165, 1.54) is 0 Å². The smallest absolute Gasteiger partial charge is 0.142 e. The third-order valence-electron chi connectivity index (χ3n) is 2.99. The van der Waals surface area contributed by atoms with Gasteiger partial charge in [0.15, 0.2) is 0 Å². The third-order valence-corrected chi connectivity index (χ3v) is 3.28. The van der Waals surface area contributed by atoms with Crippen LogP contribution in [0.15, 0.2) is 12.1 Å². The number of nitrogens with two attached hydrogens (primary N) is 1. The lowest BCUT2D eigenvalue weighted by Gasteiger charge is -2.23. The molecule has 16 heavy (non-hydrogen) atoms. The van der Waals surface area contributed by atoms with Gasteiger partial charge in [-0.05, 0) is 55.0 Å². The minimum atomic E-state index is -0.343. The van der Waals surface area contributed by atoms with Gasteiger partial charge in [0.05, 0.1) is 5.02 Å². The minimum Gasteiger partial charge on any atom is -0.330 e. The summed E-state index contributed by atoms with van der Waals surface area (Å²) < 4.78 is 13.5. The van der Waals surface area contributed by atoms with Gasteiger partial charge in [-0.15, -0.1) is 0 Å². The monoisotopic (exact) mass is 243 g/mol. The molecular weight excluding hydrogens is 225 g/mol. The summed E-state index contributed by atoms with van der Waals surface area (Å²) in [5.74, 6) is 0.407. The van der Waals surface area contributed by atoms with E-state index in [0.29, 0.717) is 18.4 Å². The number of hydrogen-bond donors (Lipinski definition) is 1. The van der Waals surface area contributed by atoms with E-state index in [2.05, 4.69) is 13.8 Å². The van der Waals surface area contributed by atoms with Crippen molar-refractivity contribution in [2.24, 2.45) is 11.7 Å². The van der Waals surface area contributed by atoms with Gasteiger partial charge in [0.1, 0.15) is 5.82 Å². The van der Waals surface area contributed by atoms with E-state index in [9.17, 15) is 4.39 Å². The zero-order valence-electron chi connectivity index (χ0n) is 10.1. The van der Waals surface area contributed by atoms with Crippen LogP contribution < -0.4 is 5.73 Å². The molecule has 2 N–H and O–H groups in total. The highest BCUT2D eigenvalue weighted by atomic mass is 35.5. The molecule has 0 radical (unpaired) electrons. The molecule has 0 aliphatic carbocycles. The first kappa shape index (κ1) is 13.5. The van der Waals surface area contributed by atoms with Crippen molar-refractivity contribution in [1.29, 1.82) is 0 Å². The van der Waals surface area contributed by atoms with Crippen LogP contribution in [0.5, 0.6) is 0 Å². The SMILES string of the molecule is Cc1cc(Cl)c(F)cc1C(CCN)C(C)C. The quantitative estimate of drug-likeness (QED) is 0.854. The van der Waals surface area contributed by atoms with E-state index in [1.54, 1.807) is 12.1 Å². The second-order valence-corrected chi connectivity index (χ2v) is 4.96. The van der Waals surface area contributed by atoms with Gasteiger partial charge in [-0.25, -0.2) is 4.39 Å². The van der Waals surface area contributed by atoms with Crippen LogP contribution in [-0.2, 0) is 0 Å². The zero-order valence-corrected chi connectivity index (χ0v) is 10.8. The highest BCUT2D eigenvalue weighted by Crippen LogP contribution is 2.32. The van der Waals surface area contributed by atoms with E-state index in [0.717, 1.165) is 17.5 Å². The predicted molar refractivity (Wildman–Crippen MR) is 67.4 cm³/mol. The fraction of sp³-hybridized carbons (Fsp3) is 0.538. The Bertz CT molecular complexity index is 363. The second kappa shape index (κ2) is 5.65. The van der Waals surface area contributed by atoms with Gasteiger partial charge in [0.2, 0.25) is 0 Å². The summed E-state index contributed by atoms with van der Waals surface area (Å²) in [6, 6.07) is 3.25. The molecule has 3 heteroatoms. The Morgan fingerprint density at radius 2 is 2.00 bits per heavy atom. The largest absolute Gasteiger partial charge is 0.330 e. The van der Waals surface area contributed by atoms with Gasteiger partial charge in [0.25, 0.3) is 0 Å². The summed E-state index contributed by atoms with van der Waals surface area (Å²) in [7, 11) is 0. The Morgan fingerprint density at radius 1 is 1.38 bits per heavy atom. The van der Waals surface area contributed by atoms with Crippen molar-refractivity contribution in [3.05, 3.63) is 34.1 Å². The summed E-state index contributed by atoms with van der Waals surface area (Å²) in [5, 5.41) is 0.191. The minimum absolute atomic E-state index is 0.191. The maximum Gasteiger partial charge on any atom is 0.142 e. The number of aryl methyl sites for hydroxylation is 1. The van der Waals surface area contributed by atoms with E-state index >= 15 is 0 Å². The zero-order chi connectivity index (χ0) is 12.3. The lowest BCUT2D eigenvalue weighted by molar-refractivity contribution is 0.468. The molecule has 90 valence electrons. The van der Waals surface area contributed by atoms with Crippen LogP contribution in [0.3, 0.4) is 0 Å². The Morgan fingerprint density at radius 3 is 2.50 bits per heavy atom. The van der Waals surface area contributed by atoms with Crippen molar-refractivity contribution >= 4 is 11.6 Å². The maximum absolute atomic E-state index is 13.5. The molecule has 1 rings (SSSR count). The normalized spacial score (nSPS) is 13.2. The predicted octanol–water partition coefficient (Wildman–Crippen LogP) is 3.88. The summed E-state index contributed by atoms with van der Waals surface area (Å²) in [6.07, 6.45) is 0.875. The first-order valence-corrected chi connectivity index (χ1v) is 6.00. The number of benzene rings is 1. The van der Waals surface area contributed by atoms with Crippen molar-refractivity contribution in [2.45, 2.75) is 33.1 Å². The van der Waals surface area contributed by atoms with Crippen molar-refractivity contribution in [3.8, 4) is 0 Å². The molecule has 0 heterocycles. The fourth-order valence-corrected chi connectivity index (χ4v) is 2.31. The summed E-state index contributed by atoms with van der Waals surface area (Å²) in [4.78, 5) is 0. The van der Waals surface area contributed by atoms with Crippen LogP contribution in [0.4, 0.5) is 4.39 Å². The molecule has 0 fully saturated rings. The van der Waals surface area contributed by atoms with Gasteiger partial charge in [-0.1, -0.05) is 25.4 Å². The van der Waals surface area contributed by atoms with Crippen molar-refractivity contribution in [3.63, 3.8) is 0 Å². The molecule has 0 bridgehead atoms. The number of halogens is 2. The van der Waals surface area contributed by atoms with Crippen molar-refractivity contribution in [2.75, 3.05) is 6.54 Å². The van der Waals surface area contributed by atoms with E-state index in [1.807, 2.05) is 6.92 Å². The standard InChI is InChI=1S/C13H19ClFN/c1-8(2)10(4-5-16)11-7-13(15)12(14)6-9(11)3/h6-8,10H,4-5,16H2,1-3H3. The molecule has 1 nitrogen and oxygen atoms in total. The molecule has 1 aromatic carbocycles. The van der Waals surface area contributed by atoms with Crippen LogP contribution in [0.2, 0.25) is 5.02 Å². The van der Waals surface area contributed by atoms with E-state index in [4.69, 9.17) is 17.3 Å². The van der Waals surface area contributed by atoms with Crippen LogP contribution in [0.25, 0.3) is 0 Å². The summed E-state index contributed by atoms with van der Waals surface area (Å²) in [6.45, 7) is 6.84. The molecule has 0 aromatic heterocycles. The van der Waals surface area contributed by atoms with Gasteiger partial charge in [-0.2, -0.15) is 0 Å². The highest BCUT2D eigenvalue weighted by Gasteiger charge is 2.18. The van der Waals surface area contributed by atoms with Crippen LogP contribution in [0, 0.1) is 18.7 Å². The van der Waals surface area contributed by atoms with E-state index in [-0.39, 0.29) is 10.8 Å². The first-order chi connectivity index (χ1) is 7.47. The average molecular weight is 244 g/mol. The molecule has 0 spiro atoms. The van der Waals surface area contributed by atoms with Crippen molar-refractivity contribution in [1.82, 2.24) is 0 Å². The summed E-state index contributed by atoms with van der Waals surface area (Å²) >= 11 is 5.75. The van der Waals surface area contributed by atoms with Crippen LogP contribution >= 0.6 is 11.6 Å². The molecule has 0 aliphatic rings. The van der Waals surface area contributed by atoms with Gasteiger partial charge in [0, 0.05) is 0 Å². The molecule has 0 saturated carbocycles. The molecule has 0 aliphatic heterocycles. The average Bonchev–Trinajstić information content (AvgIpc) is 2.20. The lowest BCUT2D eigenvalue weighted by atomic mass is 9.83. The fourth-order valence-electron chi connectivity index (χ4n) is 2.09. The Kier molecular flexibility index (Phi) is 4.75. The van der Waals surface area contributed by atoms with Gasteiger partial charge in [-0.3, -0.25) is 0 Å². The molecule has 0 amide bonds. The topological polar surface area (TPSA) is 26.0 Å². The second-order valence-electron chi connectivity index (χ2n) is 4.55. The Balaban J connectivity index is 3.13. The van der Waals surface area contributed by atoms with E-state index < -0.39 is 0 Å². The molecular formula is C13H19ClFN. The molecule has 1 unspecified atom stereocenters. The lowest BCUT2D eigenvalue weighted by Crippen LogP contribution is -2.14. The molecule has 0 saturated heterocycles. The van der Waals surface area contributed by atoms with Crippen molar-refractivity contribution < 1.29 is 4.39 Å². The summed E-state index contributed by atoms with van der Waals surface area (Å²) in [5.41, 5.74) is 7.67. The van der Waals surface area contributed by atoms with Crippen LogP contribution in [0.1, 0.15) is 37.3 Å². The third kappa shape index (κ3) is 2.96. The number of rotatable bonds is 4. The Hall–Kier alpha value is -0.600. The maximum atomic E-state index is 13.5. The van der Waals surface area contributed by atoms with Gasteiger partial charge < -0.3 is 5.73 Å². The number of hydrogen-bond acceptors (Lipinski definition) is 1. The Labute approximate surface area is 102 Å².